The van der Waals surface area contributed by atoms with Crippen LogP contribution in [0, 0.1) is 17.8 Å². The maximum Gasteiger partial charge on any atom is 0.128 e. The van der Waals surface area contributed by atoms with E-state index in [0.717, 1.165) is 12.8 Å². The van der Waals surface area contributed by atoms with Crippen molar-refractivity contribution in [2.24, 2.45) is 11.7 Å². The molecule has 63 valence electrons. The largest absolute Gasteiger partial charge is 0.324 e. The molecule has 1 fully saturated rings. The van der Waals surface area contributed by atoms with Crippen LogP contribution in [0.2, 0.25) is 0 Å². The van der Waals surface area contributed by atoms with E-state index >= 15 is 0 Å². The molecule has 0 bridgehead atoms. The molecule has 0 aliphatic heterocycles. The normalized spacial score (nSPS) is 19.2. The first kappa shape index (κ1) is 7.74. The van der Waals surface area contributed by atoms with Crippen molar-refractivity contribution in [3.05, 3.63) is 35.6 Å². The number of hydrogen-bond acceptors (Lipinski definition) is 1. The van der Waals surface area contributed by atoms with Crippen LogP contribution < -0.4 is 5.73 Å². The Labute approximate surface area is 71.4 Å². The molecule has 1 atom stereocenters. The van der Waals surface area contributed by atoms with Crippen molar-refractivity contribution in [2.75, 3.05) is 0 Å². The van der Waals surface area contributed by atoms with E-state index in [1.165, 1.54) is 6.07 Å². The molecule has 0 aromatic heterocycles. The van der Waals surface area contributed by atoms with Gasteiger partial charge < -0.3 is 5.73 Å². The lowest BCUT2D eigenvalue weighted by Gasteiger charge is -2.10. The fraction of sp³-hybridized carbons (Fsp3) is 0.400. The summed E-state index contributed by atoms with van der Waals surface area (Å²) in [7, 11) is 0. The highest BCUT2D eigenvalue weighted by Crippen LogP contribution is 2.39. The zero-order chi connectivity index (χ0) is 8.55. The van der Waals surface area contributed by atoms with Crippen molar-refractivity contribution < 1.29 is 4.39 Å². The summed E-state index contributed by atoms with van der Waals surface area (Å²) < 4.78 is 13.1. The van der Waals surface area contributed by atoms with Crippen molar-refractivity contribution in [3.63, 3.8) is 0 Å². The second kappa shape index (κ2) is 2.87. The first-order valence-corrected chi connectivity index (χ1v) is 4.20. The molecule has 1 unspecified atom stereocenters. The first-order valence-electron chi connectivity index (χ1n) is 4.20. The molecular weight excluding hydrogens is 153 g/mol. The second-order valence-electron chi connectivity index (χ2n) is 3.31. The van der Waals surface area contributed by atoms with Crippen LogP contribution in [-0.4, -0.2) is 0 Å². The van der Waals surface area contributed by atoms with Gasteiger partial charge in [0, 0.05) is 11.6 Å². The molecule has 1 radical (unpaired) electrons. The Morgan fingerprint density at radius 2 is 2.33 bits per heavy atom. The van der Waals surface area contributed by atoms with Crippen molar-refractivity contribution in [1.82, 2.24) is 0 Å². The Morgan fingerprint density at radius 1 is 1.58 bits per heavy atom. The van der Waals surface area contributed by atoms with Gasteiger partial charge in [-0.3, -0.25) is 0 Å². The molecule has 2 heteroatoms. The lowest BCUT2D eigenvalue weighted by molar-refractivity contribution is 0.553. The predicted molar refractivity (Wildman–Crippen MR) is 44.9 cm³/mol. The van der Waals surface area contributed by atoms with Gasteiger partial charge in [0.25, 0.3) is 0 Å². The number of rotatable bonds is 2. The van der Waals surface area contributed by atoms with Gasteiger partial charge in [-0.2, -0.15) is 0 Å². The van der Waals surface area contributed by atoms with Crippen LogP contribution in [0.1, 0.15) is 24.4 Å². The minimum absolute atomic E-state index is 0.123. The van der Waals surface area contributed by atoms with Gasteiger partial charge in [0.15, 0.2) is 0 Å². The smallest absolute Gasteiger partial charge is 0.128 e. The van der Waals surface area contributed by atoms with Crippen LogP contribution in [0.15, 0.2) is 18.2 Å². The summed E-state index contributed by atoms with van der Waals surface area (Å²) in [6.07, 6.45) is 2.27. The van der Waals surface area contributed by atoms with Crippen LogP contribution >= 0.6 is 0 Å². The molecule has 0 saturated heterocycles. The van der Waals surface area contributed by atoms with Crippen LogP contribution in [0.25, 0.3) is 0 Å². The van der Waals surface area contributed by atoms with Gasteiger partial charge in [-0.05, 0) is 37.0 Å². The van der Waals surface area contributed by atoms with Gasteiger partial charge in [-0.15, -0.1) is 0 Å². The first-order chi connectivity index (χ1) is 5.79. The highest BCUT2D eigenvalue weighted by atomic mass is 19.1. The zero-order valence-electron chi connectivity index (χ0n) is 6.76. The number of halogens is 1. The third-order valence-corrected chi connectivity index (χ3v) is 2.33. The topological polar surface area (TPSA) is 26.0 Å². The Bertz CT molecular complexity index is 281. The number of benzene rings is 1. The van der Waals surface area contributed by atoms with Crippen molar-refractivity contribution in [2.45, 2.75) is 18.9 Å². The summed E-state index contributed by atoms with van der Waals surface area (Å²) in [5.74, 6) is 0.295. The van der Waals surface area contributed by atoms with E-state index in [9.17, 15) is 4.39 Å². The molecule has 0 amide bonds. The SMILES string of the molecule is NC(c1c[c]ccc1F)C1CC1. The standard InChI is InChI=1S/C10H11FN/c11-9-4-2-1-3-8(9)10(12)7-5-6-7/h2-4,7,10H,5-6,12H2. The highest BCUT2D eigenvalue weighted by molar-refractivity contribution is 5.21. The molecule has 2 N–H and O–H groups in total. The summed E-state index contributed by atoms with van der Waals surface area (Å²) in [6.45, 7) is 0. The van der Waals surface area contributed by atoms with E-state index < -0.39 is 0 Å². The lowest BCUT2D eigenvalue weighted by atomic mass is 10.0. The van der Waals surface area contributed by atoms with E-state index in [4.69, 9.17) is 5.73 Å². The van der Waals surface area contributed by atoms with E-state index in [0.29, 0.717) is 11.5 Å². The molecule has 2 rings (SSSR count). The minimum atomic E-state index is -0.201. The molecule has 1 aromatic rings. The molecule has 1 aliphatic rings. The molecule has 12 heavy (non-hydrogen) atoms. The molecule has 0 spiro atoms. The summed E-state index contributed by atoms with van der Waals surface area (Å²) >= 11 is 0. The fourth-order valence-electron chi connectivity index (χ4n) is 1.39. The second-order valence-corrected chi connectivity index (χ2v) is 3.31. The van der Waals surface area contributed by atoms with Gasteiger partial charge in [0.1, 0.15) is 5.82 Å². The van der Waals surface area contributed by atoms with Crippen LogP contribution in [-0.2, 0) is 0 Å². The van der Waals surface area contributed by atoms with E-state index in [-0.39, 0.29) is 11.9 Å². The maximum absolute atomic E-state index is 13.1. The van der Waals surface area contributed by atoms with Gasteiger partial charge >= 0.3 is 0 Å². The average Bonchev–Trinajstić information content (AvgIpc) is 2.86. The maximum atomic E-state index is 13.1. The Hall–Kier alpha value is -0.890. The minimum Gasteiger partial charge on any atom is -0.324 e. The molecule has 1 nitrogen and oxygen atoms in total. The van der Waals surface area contributed by atoms with Gasteiger partial charge in [0.2, 0.25) is 0 Å². The van der Waals surface area contributed by atoms with Gasteiger partial charge in [-0.25, -0.2) is 4.39 Å². The molecule has 1 aromatic carbocycles. The predicted octanol–water partition coefficient (Wildman–Crippen LogP) is 2.04. The zero-order valence-corrected chi connectivity index (χ0v) is 6.76. The average molecular weight is 164 g/mol. The summed E-state index contributed by atoms with van der Waals surface area (Å²) in [5.41, 5.74) is 6.45. The third-order valence-electron chi connectivity index (χ3n) is 2.33. The molecule has 0 heterocycles. The van der Waals surface area contributed by atoms with Crippen LogP contribution in [0.3, 0.4) is 0 Å². The van der Waals surface area contributed by atoms with Crippen LogP contribution in [0.4, 0.5) is 4.39 Å². The summed E-state index contributed by atoms with van der Waals surface area (Å²) in [5, 5.41) is 0. The Morgan fingerprint density at radius 3 is 2.92 bits per heavy atom. The fourth-order valence-corrected chi connectivity index (χ4v) is 1.39. The number of nitrogens with two attached hydrogens (primary N) is 1. The summed E-state index contributed by atoms with van der Waals surface area (Å²) in [4.78, 5) is 0. The molecular formula is C10H11FN. The van der Waals surface area contributed by atoms with E-state index in [2.05, 4.69) is 6.07 Å². The lowest BCUT2D eigenvalue weighted by Crippen LogP contribution is -2.13. The van der Waals surface area contributed by atoms with Crippen molar-refractivity contribution in [3.8, 4) is 0 Å². The Kier molecular flexibility index (Phi) is 1.85. The van der Waals surface area contributed by atoms with Crippen molar-refractivity contribution in [1.29, 1.82) is 0 Å². The Balaban J connectivity index is 2.25. The highest BCUT2D eigenvalue weighted by Gasteiger charge is 2.30. The molecule has 1 aliphatic carbocycles. The monoisotopic (exact) mass is 164 g/mol. The van der Waals surface area contributed by atoms with E-state index in [1.54, 1.807) is 12.1 Å². The quantitative estimate of drug-likeness (QED) is 0.711. The van der Waals surface area contributed by atoms with Gasteiger partial charge in [-0.1, -0.05) is 6.07 Å². The van der Waals surface area contributed by atoms with Gasteiger partial charge in [0.05, 0.1) is 0 Å². The van der Waals surface area contributed by atoms with E-state index in [1.807, 2.05) is 0 Å². The molecule has 1 saturated carbocycles. The van der Waals surface area contributed by atoms with Crippen molar-refractivity contribution >= 4 is 0 Å². The number of hydrogen-bond donors (Lipinski definition) is 1. The van der Waals surface area contributed by atoms with Crippen LogP contribution in [0.5, 0.6) is 0 Å². The summed E-state index contributed by atoms with van der Waals surface area (Å²) in [6, 6.07) is 7.36. The third kappa shape index (κ3) is 1.34.